The maximum Gasteiger partial charge on any atom is 0.281 e. The summed E-state index contributed by atoms with van der Waals surface area (Å²) in [7, 11) is 5.28. The van der Waals surface area contributed by atoms with E-state index in [-0.39, 0.29) is 18.2 Å². The molecule has 0 bridgehead atoms. The number of carbonyl (C=O) groups excluding carboxylic acids is 2. The number of nitrogens with one attached hydrogen (secondary N) is 1. The van der Waals surface area contributed by atoms with Crippen LogP contribution in [-0.4, -0.2) is 58.7 Å². The molecule has 10 heteroatoms. The Morgan fingerprint density at radius 1 is 1.14 bits per heavy atom. The quantitative estimate of drug-likeness (QED) is 0.367. The molecule has 0 unspecified atom stereocenters. The summed E-state index contributed by atoms with van der Waals surface area (Å²) < 4.78 is 9.72. The zero-order chi connectivity index (χ0) is 25.2. The molecule has 0 fully saturated rings. The summed E-state index contributed by atoms with van der Waals surface area (Å²) in [6.07, 6.45) is 3.50. The van der Waals surface area contributed by atoms with Gasteiger partial charge in [-0.3, -0.25) is 19.3 Å². The van der Waals surface area contributed by atoms with Crippen LogP contribution >= 0.6 is 23.5 Å². The van der Waals surface area contributed by atoms with Crippen molar-refractivity contribution in [2.45, 2.75) is 32.7 Å². The number of rotatable bonds is 12. The molecule has 1 N–H and O–H groups in total. The number of carbonyl (C=O) groups is 2. The lowest BCUT2D eigenvalue weighted by atomic mass is 10.1. The molecule has 3 rings (SSSR count). The van der Waals surface area contributed by atoms with Crippen molar-refractivity contribution in [1.82, 2.24) is 23.9 Å². The number of hydrogen-bond donors (Lipinski definition) is 1. The van der Waals surface area contributed by atoms with Crippen LogP contribution in [0, 0.1) is 6.92 Å². The number of aromatic nitrogens is 2. The highest BCUT2D eigenvalue weighted by Gasteiger charge is 2.20. The summed E-state index contributed by atoms with van der Waals surface area (Å²) in [5, 5.41) is 0.734. The van der Waals surface area contributed by atoms with Crippen molar-refractivity contribution < 1.29 is 14.3 Å². The van der Waals surface area contributed by atoms with Crippen molar-refractivity contribution >= 4 is 35.3 Å². The molecule has 0 aliphatic rings. The fourth-order valence-electron chi connectivity index (χ4n) is 3.39. The van der Waals surface area contributed by atoms with E-state index in [4.69, 9.17) is 4.74 Å². The second-order valence-corrected chi connectivity index (χ2v) is 10.5. The van der Waals surface area contributed by atoms with E-state index < -0.39 is 0 Å². The van der Waals surface area contributed by atoms with Gasteiger partial charge < -0.3 is 9.64 Å². The number of methoxy groups -OCH3 is 1. The van der Waals surface area contributed by atoms with Gasteiger partial charge in [-0.05, 0) is 51.6 Å². The van der Waals surface area contributed by atoms with Crippen molar-refractivity contribution in [2.75, 3.05) is 27.7 Å². The van der Waals surface area contributed by atoms with Crippen molar-refractivity contribution in [3.8, 4) is 5.75 Å². The zero-order valence-corrected chi connectivity index (χ0v) is 22.1. The molecule has 0 aliphatic carbocycles. The van der Waals surface area contributed by atoms with Gasteiger partial charge in [0.15, 0.2) is 0 Å². The fraction of sp³-hybridized carbons (Fsp3) is 0.360. The summed E-state index contributed by atoms with van der Waals surface area (Å²) in [6.45, 7) is 2.81. The summed E-state index contributed by atoms with van der Waals surface area (Å²) in [4.78, 5) is 37.3. The van der Waals surface area contributed by atoms with Crippen molar-refractivity contribution in [3.63, 3.8) is 0 Å². The maximum absolute atomic E-state index is 13.3. The molecule has 0 saturated heterocycles. The van der Waals surface area contributed by atoms with Crippen LogP contribution in [0.1, 0.15) is 38.1 Å². The van der Waals surface area contributed by atoms with E-state index in [1.165, 1.54) is 29.0 Å². The minimum Gasteiger partial charge on any atom is -0.495 e. The highest BCUT2D eigenvalue weighted by Crippen LogP contribution is 2.21. The Morgan fingerprint density at radius 2 is 1.91 bits per heavy atom. The maximum atomic E-state index is 13.3. The molecular weight excluding hydrogens is 482 g/mol. The summed E-state index contributed by atoms with van der Waals surface area (Å²) in [5.74, 6) is 0.378. The monoisotopic (exact) mass is 513 g/mol. The summed E-state index contributed by atoms with van der Waals surface area (Å²) in [5.41, 5.74) is 2.31. The van der Waals surface area contributed by atoms with Gasteiger partial charge in [0.05, 0.1) is 26.3 Å². The van der Waals surface area contributed by atoms with Crippen LogP contribution in [0.3, 0.4) is 0 Å². The average Bonchev–Trinajstić information content (AvgIpc) is 3.23. The van der Waals surface area contributed by atoms with Gasteiger partial charge in [0.25, 0.3) is 5.91 Å². The number of ether oxygens (including phenoxy) is 1. The van der Waals surface area contributed by atoms with Crippen molar-refractivity contribution in [3.05, 3.63) is 75.5 Å². The zero-order valence-electron chi connectivity index (χ0n) is 20.5. The normalized spacial score (nSPS) is 10.9. The number of hydrogen-bond acceptors (Lipinski definition) is 8. The number of thiazole rings is 1. The van der Waals surface area contributed by atoms with E-state index in [0.29, 0.717) is 30.2 Å². The molecular formula is C25H31N5O3S2. The Hall–Kier alpha value is -2.95. The Bertz CT molecular complexity index is 1100. The second-order valence-electron chi connectivity index (χ2n) is 8.12. The first-order valence-electron chi connectivity index (χ1n) is 11.3. The molecule has 2 amide bonds. The van der Waals surface area contributed by atoms with E-state index >= 15 is 0 Å². The minimum absolute atomic E-state index is 0.0299. The van der Waals surface area contributed by atoms with Gasteiger partial charge in [0.1, 0.15) is 16.5 Å². The van der Waals surface area contributed by atoms with E-state index in [1.807, 2.05) is 44.1 Å². The highest BCUT2D eigenvalue weighted by atomic mass is 32.2. The van der Waals surface area contributed by atoms with Crippen LogP contribution in [-0.2, 0) is 24.2 Å². The summed E-state index contributed by atoms with van der Waals surface area (Å²) >= 11 is 2.64. The lowest BCUT2D eigenvalue weighted by Gasteiger charge is -2.22. The van der Waals surface area contributed by atoms with Crippen LogP contribution in [0.25, 0.3) is 0 Å². The molecule has 0 atom stereocenters. The van der Waals surface area contributed by atoms with Crippen LogP contribution < -0.4 is 9.46 Å². The lowest BCUT2D eigenvalue weighted by molar-refractivity contribution is -0.131. The first-order valence-corrected chi connectivity index (χ1v) is 12.9. The van der Waals surface area contributed by atoms with Crippen LogP contribution in [0.4, 0.5) is 0 Å². The van der Waals surface area contributed by atoms with Gasteiger partial charge in [-0.15, -0.1) is 11.3 Å². The van der Waals surface area contributed by atoms with Gasteiger partial charge in [-0.25, -0.2) is 9.29 Å². The van der Waals surface area contributed by atoms with Crippen molar-refractivity contribution in [2.24, 2.45) is 0 Å². The van der Waals surface area contributed by atoms with Gasteiger partial charge in [-0.1, -0.05) is 30.3 Å². The molecule has 0 spiro atoms. The van der Waals surface area contributed by atoms with Crippen LogP contribution in [0.5, 0.6) is 5.75 Å². The fourth-order valence-corrected chi connectivity index (χ4v) is 4.70. The Morgan fingerprint density at radius 3 is 2.57 bits per heavy atom. The standard InChI is InChI=1S/C25H31N5O3S2/c1-18-24(25(32)28-35-29(2)3)27-22(34-18)17-30(14-8-11-19-9-6-5-7-10-19)23(31)15-20-12-13-21(33-4)16-26-20/h5-7,9-10,12-13,16H,8,11,14-15,17H2,1-4H3,(H,28,32). The van der Waals surface area contributed by atoms with E-state index in [1.54, 1.807) is 29.7 Å². The molecule has 186 valence electrons. The average molecular weight is 514 g/mol. The molecule has 0 saturated carbocycles. The molecule has 8 nitrogen and oxygen atoms in total. The molecule has 3 aromatic rings. The Labute approximate surface area is 215 Å². The number of nitrogens with zero attached hydrogens (tertiary/aromatic N) is 4. The van der Waals surface area contributed by atoms with Gasteiger partial charge in [0, 0.05) is 29.2 Å². The van der Waals surface area contributed by atoms with Crippen molar-refractivity contribution in [1.29, 1.82) is 0 Å². The predicted molar refractivity (Wildman–Crippen MR) is 140 cm³/mol. The first kappa shape index (κ1) is 26.7. The molecule has 2 aromatic heterocycles. The molecule has 35 heavy (non-hydrogen) atoms. The Kier molecular flexibility index (Phi) is 10.1. The number of amides is 2. The lowest BCUT2D eigenvalue weighted by Crippen LogP contribution is -2.33. The second kappa shape index (κ2) is 13.2. The van der Waals surface area contributed by atoms with Gasteiger partial charge >= 0.3 is 0 Å². The number of pyridine rings is 1. The minimum atomic E-state index is -0.243. The SMILES string of the molecule is COc1ccc(CC(=O)N(CCCc2ccccc2)Cc2nc(C(=O)NSN(C)C)c(C)s2)nc1. The first-order chi connectivity index (χ1) is 16.9. The molecule has 0 aliphatic heterocycles. The third-order valence-corrected chi connectivity index (χ3v) is 6.76. The van der Waals surface area contributed by atoms with Crippen LogP contribution in [0.2, 0.25) is 0 Å². The molecule has 2 heterocycles. The van der Waals surface area contributed by atoms with Crippen LogP contribution in [0.15, 0.2) is 48.7 Å². The Balaban J connectivity index is 1.70. The largest absolute Gasteiger partial charge is 0.495 e. The smallest absolute Gasteiger partial charge is 0.281 e. The topological polar surface area (TPSA) is 87.7 Å². The molecule has 0 radical (unpaired) electrons. The van der Waals surface area contributed by atoms with Gasteiger partial charge in [-0.2, -0.15) is 0 Å². The molecule has 1 aromatic carbocycles. The number of benzene rings is 1. The van der Waals surface area contributed by atoms with Gasteiger partial charge in [0.2, 0.25) is 5.91 Å². The third kappa shape index (κ3) is 8.34. The number of aryl methyl sites for hydroxylation is 2. The predicted octanol–water partition coefficient (Wildman–Crippen LogP) is 3.91. The van der Waals surface area contributed by atoms with E-state index in [0.717, 1.165) is 22.7 Å². The summed E-state index contributed by atoms with van der Waals surface area (Å²) in [6, 6.07) is 13.8. The van der Waals surface area contributed by atoms with E-state index in [2.05, 4.69) is 26.8 Å². The highest BCUT2D eigenvalue weighted by molar-refractivity contribution is 7.95. The third-order valence-electron chi connectivity index (χ3n) is 5.16. The van der Waals surface area contributed by atoms with E-state index in [9.17, 15) is 9.59 Å².